The summed E-state index contributed by atoms with van der Waals surface area (Å²) in [6, 6.07) is 14.1. The molecule has 0 saturated carbocycles. The largest absolute Gasteiger partial charge is 0.497 e. The predicted molar refractivity (Wildman–Crippen MR) is 150 cm³/mol. The van der Waals surface area contributed by atoms with Crippen LogP contribution in [0, 0.1) is 0 Å². The summed E-state index contributed by atoms with van der Waals surface area (Å²) in [7, 11) is 1.56. The molecular formula is C26H26N6O4S2. The number of hydrogen-bond donors (Lipinski definition) is 4. The second kappa shape index (κ2) is 11.6. The van der Waals surface area contributed by atoms with Gasteiger partial charge in [-0.05, 0) is 43.2 Å². The summed E-state index contributed by atoms with van der Waals surface area (Å²) >= 11 is 2.69. The summed E-state index contributed by atoms with van der Waals surface area (Å²) < 4.78 is 10.7. The maximum absolute atomic E-state index is 12.7. The third-order valence-electron chi connectivity index (χ3n) is 5.83. The molecule has 2 aromatic carbocycles. The van der Waals surface area contributed by atoms with Crippen molar-refractivity contribution in [1.82, 2.24) is 15.3 Å². The Morgan fingerprint density at radius 3 is 2.84 bits per heavy atom. The molecule has 3 amide bonds. The van der Waals surface area contributed by atoms with E-state index in [1.54, 1.807) is 31.4 Å². The second-order valence-electron chi connectivity index (χ2n) is 8.51. The third-order valence-corrected chi connectivity index (χ3v) is 7.82. The number of ether oxygens (including phenoxy) is 2. The lowest BCUT2D eigenvalue weighted by molar-refractivity contribution is 0.102. The molecule has 1 unspecified atom stereocenters. The Hall–Kier alpha value is -4.00. The summed E-state index contributed by atoms with van der Waals surface area (Å²) in [6.07, 6.45) is 2.01. The maximum atomic E-state index is 12.7. The summed E-state index contributed by atoms with van der Waals surface area (Å²) in [4.78, 5) is 34.6. The molecule has 4 aromatic rings. The molecule has 1 fully saturated rings. The van der Waals surface area contributed by atoms with Gasteiger partial charge in [-0.25, -0.2) is 14.8 Å². The van der Waals surface area contributed by atoms with E-state index in [2.05, 4.69) is 20.9 Å². The van der Waals surface area contributed by atoms with Gasteiger partial charge in [-0.3, -0.25) is 10.1 Å². The number of benzene rings is 2. The Morgan fingerprint density at radius 2 is 2.03 bits per heavy atom. The van der Waals surface area contributed by atoms with E-state index in [1.165, 1.54) is 22.7 Å². The number of amides is 3. The molecule has 1 aliphatic rings. The number of anilines is 3. The second-order valence-corrected chi connectivity index (χ2v) is 10.4. The van der Waals surface area contributed by atoms with Crippen molar-refractivity contribution in [3.05, 3.63) is 59.5 Å². The van der Waals surface area contributed by atoms with Gasteiger partial charge in [-0.15, -0.1) is 11.3 Å². The monoisotopic (exact) mass is 550 g/mol. The normalized spacial score (nSPS) is 14.7. The van der Waals surface area contributed by atoms with Crippen molar-refractivity contribution < 1.29 is 19.1 Å². The maximum Gasteiger partial charge on any atom is 0.321 e. The number of thiazole rings is 2. The standard InChI is InChI=1S/C26H26N6O4S2/c1-35-18-8-3-6-16(12-18)23(33)29-17-7-2-5-15(11-17)20-14-37-24(30-20)21-22(27)31-26(38-21)32-25(34)28-13-19-9-4-10-36-19/h2-3,5-8,11-12,14,19H,4,9-10,13,27H2,1H3,(H,29,33)(H2,28,31,32,34). The first-order valence-electron chi connectivity index (χ1n) is 11.9. The SMILES string of the molecule is COc1cccc(C(=O)Nc2cccc(-c3csc(-c4sc(NC(=O)NCC5CCCO5)nc4N)n3)c2)c1. The average molecular weight is 551 g/mol. The van der Waals surface area contributed by atoms with Crippen molar-refractivity contribution in [2.45, 2.75) is 18.9 Å². The Bertz CT molecular complexity index is 1450. The van der Waals surface area contributed by atoms with Crippen molar-refractivity contribution in [2.24, 2.45) is 0 Å². The van der Waals surface area contributed by atoms with Gasteiger partial charge in [0.15, 0.2) is 5.13 Å². The number of methoxy groups -OCH3 is 1. The first-order chi connectivity index (χ1) is 18.5. The van der Waals surface area contributed by atoms with E-state index < -0.39 is 0 Å². The number of nitrogens with zero attached hydrogens (tertiary/aromatic N) is 2. The van der Waals surface area contributed by atoms with Crippen LogP contribution in [-0.2, 0) is 4.74 Å². The molecule has 0 spiro atoms. The lowest BCUT2D eigenvalue weighted by Crippen LogP contribution is -2.34. The topological polar surface area (TPSA) is 140 Å². The molecule has 5 N–H and O–H groups in total. The van der Waals surface area contributed by atoms with Crippen LogP contribution in [0.1, 0.15) is 23.2 Å². The highest BCUT2D eigenvalue weighted by molar-refractivity contribution is 7.23. The van der Waals surface area contributed by atoms with Crippen molar-refractivity contribution in [2.75, 3.05) is 36.6 Å². The molecule has 10 nitrogen and oxygen atoms in total. The molecule has 5 rings (SSSR count). The molecule has 12 heteroatoms. The molecule has 0 radical (unpaired) electrons. The number of hydrogen-bond acceptors (Lipinski definition) is 9. The number of carbonyl (C=O) groups is 2. The Morgan fingerprint density at radius 1 is 1.16 bits per heavy atom. The lowest BCUT2D eigenvalue weighted by Gasteiger charge is -2.10. The van der Waals surface area contributed by atoms with E-state index in [0.717, 1.165) is 30.7 Å². The molecule has 1 aliphatic heterocycles. The summed E-state index contributed by atoms with van der Waals surface area (Å²) in [5, 5.41) is 11.4. The fraction of sp³-hybridized carbons (Fsp3) is 0.231. The number of aromatic nitrogens is 2. The predicted octanol–water partition coefficient (Wildman–Crippen LogP) is 5.08. The van der Waals surface area contributed by atoms with Crippen LogP contribution >= 0.6 is 22.7 Å². The highest BCUT2D eigenvalue weighted by atomic mass is 32.1. The van der Waals surface area contributed by atoms with Crippen LogP contribution in [0.2, 0.25) is 0 Å². The quantitative estimate of drug-likeness (QED) is 0.240. The van der Waals surface area contributed by atoms with E-state index in [4.69, 9.17) is 20.2 Å². The molecule has 0 aliphatic carbocycles. The van der Waals surface area contributed by atoms with Crippen LogP contribution in [0.25, 0.3) is 21.1 Å². The highest BCUT2D eigenvalue weighted by Gasteiger charge is 2.19. The van der Waals surface area contributed by atoms with Gasteiger partial charge in [0.2, 0.25) is 0 Å². The van der Waals surface area contributed by atoms with Gasteiger partial charge in [0, 0.05) is 35.3 Å². The van der Waals surface area contributed by atoms with Crippen molar-refractivity contribution in [3.63, 3.8) is 0 Å². The zero-order valence-corrected chi connectivity index (χ0v) is 22.2. The minimum Gasteiger partial charge on any atom is -0.497 e. The number of rotatable bonds is 8. The van der Waals surface area contributed by atoms with Crippen molar-refractivity contribution in [1.29, 1.82) is 0 Å². The van der Waals surface area contributed by atoms with E-state index in [9.17, 15) is 9.59 Å². The molecule has 2 aromatic heterocycles. The third kappa shape index (κ3) is 6.10. The van der Waals surface area contributed by atoms with Crippen LogP contribution in [-0.4, -0.2) is 48.3 Å². The van der Waals surface area contributed by atoms with E-state index in [1.807, 2.05) is 29.6 Å². The summed E-state index contributed by atoms with van der Waals surface area (Å²) in [5.41, 5.74) is 8.86. The Labute approximate surface area is 227 Å². The number of urea groups is 1. The zero-order valence-electron chi connectivity index (χ0n) is 20.5. The molecule has 196 valence electrons. The fourth-order valence-electron chi connectivity index (χ4n) is 3.93. The van der Waals surface area contributed by atoms with Crippen molar-refractivity contribution in [3.8, 4) is 26.9 Å². The van der Waals surface area contributed by atoms with E-state index >= 15 is 0 Å². The summed E-state index contributed by atoms with van der Waals surface area (Å²) in [6.45, 7) is 1.19. The van der Waals surface area contributed by atoms with Crippen LogP contribution in [0.15, 0.2) is 53.9 Å². The molecule has 1 saturated heterocycles. The van der Waals surface area contributed by atoms with Gasteiger partial charge < -0.3 is 25.8 Å². The van der Waals surface area contributed by atoms with Crippen LogP contribution in [0.3, 0.4) is 0 Å². The number of carbonyl (C=O) groups excluding carboxylic acids is 2. The summed E-state index contributed by atoms with van der Waals surface area (Å²) in [5.74, 6) is 0.670. The van der Waals surface area contributed by atoms with Crippen LogP contribution in [0.4, 0.5) is 21.4 Å². The lowest BCUT2D eigenvalue weighted by atomic mass is 10.1. The zero-order chi connectivity index (χ0) is 26.5. The van der Waals surface area contributed by atoms with Gasteiger partial charge in [0.25, 0.3) is 5.91 Å². The average Bonchev–Trinajstić information content (AvgIpc) is 3.69. The Balaban J connectivity index is 1.25. The smallest absolute Gasteiger partial charge is 0.321 e. The number of nitrogen functional groups attached to an aromatic ring is 1. The molecular weight excluding hydrogens is 524 g/mol. The van der Waals surface area contributed by atoms with Gasteiger partial charge in [0.1, 0.15) is 21.5 Å². The number of nitrogens with one attached hydrogen (secondary N) is 3. The first-order valence-corrected chi connectivity index (χ1v) is 13.6. The Kier molecular flexibility index (Phi) is 7.82. The van der Waals surface area contributed by atoms with Gasteiger partial charge in [0.05, 0.1) is 18.9 Å². The minimum atomic E-state index is -0.353. The van der Waals surface area contributed by atoms with Gasteiger partial charge >= 0.3 is 6.03 Å². The fourth-order valence-corrected chi connectivity index (χ4v) is 5.73. The van der Waals surface area contributed by atoms with E-state index in [-0.39, 0.29) is 18.0 Å². The molecule has 38 heavy (non-hydrogen) atoms. The van der Waals surface area contributed by atoms with Crippen LogP contribution in [0.5, 0.6) is 5.75 Å². The van der Waals surface area contributed by atoms with Gasteiger partial charge in [-0.1, -0.05) is 29.5 Å². The van der Waals surface area contributed by atoms with Crippen molar-refractivity contribution >= 4 is 51.2 Å². The highest BCUT2D eigenvalue weighted by Crippen LogP contribution is 2.38. The van der Waals surface area contributed by atoms with Gasteiger partial charge in [-0.2, -0.15) is 0 Å². The number of nitrogens with two attached hydrogens (primary N) is 1. The minimum absolute atomic E-state index is 0.0556. The van der Waals surface area contributed by atoms with Crippen LogP contribution < -0.4 is 26.4 Å². The first kappa shape index (κ1) is 25.6. The molecule has 0 bridgehead atoms. The molecule has 1 atom stereocenters. The van der Waals surface area contributed by atoms with E-state index in [0.29, 0.717) is 44.4 Å². The molecule has 3 heterocycles.